The van der Waals surface area contributed by atoms with Crippen molar-refractivity contribution in [1.82, 2.24) is 0 Å². The van der Waals surface area contributed by atoms with Crippen LogP contribution in [0.25, 0.3) is 0 Å². The molecule has 1 heterocycles. The molecule has 0 unspecified atom stereocenters. The summed E-state index contributed by atoms with van der Waals surface area (Å²) in [7, 11) is 1.34. The smallest absolute Gasteiger partial charge is 0.343 e. The molecule has 0 radical (unpaired) electrons. The second-order valence-electron chi connectivity index (χ2n) is 4.36. The fraction of sp³-hybridized carbons (Fsp3) is 0.267. The third-order valence-corrected chi connectivity index (χ3v) is 4.95. The Morgan fingerprint density at radius 3 is 2.62 bits per heavy atom. The van der Waals surface area contributed by atoms with Crippen LogP contribution < -0.4 is 10.1 Å². The van der Waals surface area contributed by atoms with Gasteiger partial charge in [-0.1, -0.05) is 0 Å². The zero-order valence-corrected chi connectivity index (χ0v) is 14.2. The topological polar surface area (TPSA) is 47.6 Å². The number of anilines is 1. The maximum Gasteiger partial charge on any atom is 0.343 e. The molecule has 0 aliphatic carbocycles. The second-order valence-corrected chi connectivity index (χ2v) is 6.55. The molecule has 2 aromatic rings. The van der Waals surface area contributed by atoms with Crippen LogP contribution in [-0.2, 0) is 16.1 Å². The van der Waals surface area contributed by atoms with Crippen LogP contribution in [0, 0.1) is 6.92 Å². The molecular weight excluding hydrogens is 354 g/mol. The van der Waals surface area contributed by atoms with Gasteiger partial charge in [-0.15, -0.1) is 11.3 Å². The summed E-state index contributed by atoms with van der Waals surface area (Å²) in [6.45, 7) is 2.79. The highest BCUT2D eigenvalue weighted by Gasteiger charge is 2.04. The molecule has 0 aliphatic heterocycles. The first kappa shape index (κ1) is 15.9. The number of hydrogen-bond acceptors (Lipinski definition) is 5. The van der Waals surface area contributed by atoms with Crippen LogP contribution >= 0.6 is 27.3 Å². The van der Waals surface area contributed by atoms with Crippen LogP contribution in [0.3, 0.4) is 0 Å². The Kier molecular flexibility index (Phi) is 5.64. The van der Waals surface area contributed by atoms with E-state index >= 15 is 0 Å². The average molecular weight is 370 g/mol. The highest BCUT2D eigenvalue weighted by molar-refractivity contribution is 9.10. The van der Waals surface area contributed by atoms with Gasteiger partial charge in [0.25, 0.3) is 0 Å². The normalized spacial score (nSPS) is 10.2. The van der Waals surface area contributed by atoms with E-state index in [2.05, 4.69) is 39.0 Å². The second kappa shape index (κ2) is 7.47. The van der Waals surface area contributed by atoms with Gasteiger partial charge in [0.1, 0.15) is 5.75 Å². The zero-order chi connectivity index (χ0) is 15.2. The van der Waals surface area contributed by atoms with E-state index in [4.69, 9.17) is 4.74 Å². The Morgan fingerprint density at radius 2 is 2.05 bits per heavy atom. The highest BCUT2D eigenvalue weighted by atomic mass is 79.9. The van der Waals surface area contributed by atoms with E-state index in [0.29, 0.717) is 5.75 Å². The quantitative estimate of drug-likeness (QED) is 0.782. The molecular formula is C15H16BrNO3S. The molecule has 4 nitrogen and oxygen atoms in total. The Balaban J connectivity index is 1.86. The van der Waals surface area contributed by atoms with Crippen molar-refractivity contribution in [3.63, 3.8) is 0 Å². The number of aryl methyl sites for hydroxylation is 1. The molecule has 0 saturated carbocycles. The maximum atomic E-state index is 11.0. The standard InChI is InChI=1S/C15H16BrNO3S/c1-10-14(16)7-13(21-10)8-17-11-3-5-12(6-4-11)20-9-15(18)19-2/h3-7,17H,8-9H2,1-2H3. The summed E-state index contributed by atoms with van der Waals surface area (Å²) in [4.78, 5) is 13.5. The average Bonchev–Trinajstić information content (AvgIpc) is 2.82. The molecule has 0 saturated heterocycles. The first-order valence-corrected chi connectivity index (χ1v) is 7.98. The van der Waals surface area contributed by atoms with Gasteiger partial charge in [-0.3, -0.25) is 0 Å². The van der Waals surface area contributed by atoms with Crippen molar-refractivity contribution < 1.29 is 14.3 Å². The van der Waals surface area contributed by atoms with E-state index in [1.807, 2.05) is 24.3 Å². The third-order valence-electron chi connectivity index (χ3n) is 2.81. The Hall–Kier alpha value is -1.53. The van der Waals surface area contributed by atoms with Crippen molar-refractivity contribution in [3.8, 4) is 5.75 Å². The summed E-state index contributed by atoms with van der Waals surface area (Å²) in [6, 6.07) is 9.60. The van der Waals surface area contributed by atoms with Gasteiger partial charge in [0, 0.05) is 26.5 Å². The van der Waals surface area contributed by atoms with Crippen molar-refractivity contribution in [2.24, 2.45) is 0 Å². The highest BCUT2D eigenvalue weighted by Crippen LogP contribution is 2.27. The molecule has 0 fully saturated rings. The van der Waals surface area contributed by atoms with Crippen LogP contribution in [0.15, 0.2) is 34.8 Å². The molecule has 2 rings (SSSR count). The van der Waals surface area contributed by atoms with Crippen molar-refractivity contribution in [3.05, 3.63) is 44.6 Å². The summed E-state index contributed by atoms with van der Waals surface area (Å²) >= 11 is 5.28. The summed E-state index contributed by atoms with van der Waals surface area (Å²) in [5.74, 6) is 0.247. The number of thiophene rings is 1. The summed E-state index contributed by atoms with van der Waals surface area (Å²) < 4.78 is 11.0. The minimum atomic E-state index is -0.393. The lowest BCUT2D eigenvalue weighted by Gasteiger charge is -2.07. The summed E-state index contributed by atoms with van der Waals surface area (Å²) in [6.07, 6.45) is 0. The van der Waals surface area contributed by atoms with Gasteiger partial charge in [0.2, 0.25) is 0 Å². The molecule has 1 aromatic heterocycles. The summed E-state index contributed by atoms with van der Waals surface area (Å²) in [5.41, 5.74) is 1.00. The lowest BCUT2D eigenvalue weighted by atomic mass is 10.3. The monoisotopic (exact) mass is 369 g/mol. The fourth-order valence-corrected chi connectivity index (χ4v) is 3.21. The Bertz CT molecular complexity index is 590. The first-order chi connectivity index (χ1) is 10.1. The fourth-order valence-electron chi connectivity index (χ4n) is 1.66. The molecule has 0 atom stereocenters. The number of ether oxygens (including phenoxy) is 2. The van der Waals surface area contributed by atoms with E-state index in [1.54, 1.807) is 11.3 Å². The van der Waals surface area contributed by atoms with Crippen LogP contribution in [-0.4, -0.2) is 19.7 Å². The van der Waals surface area contributed by atoms with Crippen LogP contribution in [0.4, 0.5) is 5.69 Å². The van der Waals surface area contributed by atoms with Gasteiger partial charge < -0.3 is 14.8 Å². The predicted octanol–water partition coefficient (Wildman–Crippen LogP) is 3.98. The number of carbonyl (C=O) groups excluding carboxylic acids is 1. The molecule has 0 amide bonds. The predicted molar refractivity (Wildman–Crippen MR) is 88.0 cm³/mol. The number of halogens is 1. The van der Waals surface area contributed by atoms with Crippen molar-refractivity contribution in [2.75, 3.05) is 19.0 Å². The van der Waals surface area contributed by atoms with Gasteiger partial charge in [-0.05, 0) is 53.2 Å². The van der Waals surface area contributed by atoms with E-state index in [1.165, 1.54) is 16.9 Å². The molecule has 1 aromatic carbocycles. The molecule has 112 valence electrons. The molecule has 6 heteroatoms. The lowest BCUT2D eigenvalue weighted by Crippen LogP contribution is -2.12. The van der Waals surface area contributed by atoms with Crippen molar-refractivity contribution >= 4 is 38.9 Å². The number of hydrogen-bond donors (Lipinski definition) is 1. The van der Waals surface area contributed by atoms with Gasteiger partial charge in [-0.25, -0.2) is 4.79 Å². The number of methoxy groups -OCH3 is 1. The Labute approximate surface area is 136 Å². The number of benzene rings is 1. The summed E-state index contributed by atoms with van der Waals surface area (Å²) in [5, 5.41) is 3.35. The van der Waals surface area contributed by atoms with Gasteiger partial charge in [-0.2, -0.15) is 0 Å². The Morgan fingerprint density at radius 1 is 1.33 bits per heavy atom. The van der Waals surface area contributed by atoms with E-state index < -0.39 is 5.97 Å². The van der Waals surface area contributed by atoms with E-state index in [9.17, 15) is 4.79 Å². The molecule has 1 N–H and O–H groups in total. The zero-order valence-electron chi connectivity index (χ0n) is 11.8. The van der Waals surface area contributed by atoms with Crippen molar-refractivity contribution in [1.29, 1.82) is 0 Å². The molecule has 0 spiro atoms. The maximum absolute atomic E-state index is 11.0. The SMILES string of the molecule is COC(=O)COc1ccc(NCc2cc(Br)c(C)s2)cc1. The van der Waals surface area contributed by atoms with Crippen LogP contribution in [0.1, 0.15) is 9.75 Å². The first-order valence-electron chi connectivity index (χ1n) is 6.37. The van der Waals surface area contributed by atoms with E-state index in [0.717, 1.165) is 16.7 Å². The van der Waals surface area contributed by atoms with Crippen LogP contribution in [0.5, 0.6) is 5.75 Å². The van der Waals surface area contributed by atoms with Gasteiger partial charge in [0.05, 0.1) is 7.11 Å². The largest absolute Gasteiger partial charge is 0.482 e. The molecule has 0 aliphatic rings. The lowest BCUT2D eigenvalue weighted by molar-refractivity contribution is -0.142. The number of carbonyl (C=O) groups is 1. The third kappa shape index (κ3) is 4.75. The van der Waals surface area contributed by atoms with Gasteiger partial charge >= 0.3 is 5.97 Å². The van der Waals surface area contributed by atoms with E-state index in [-0.39, 0.29) is 6.61 Å². The molecule has 0 bridgehead atoms. The minimum absolute atomic E-state index is 0.0776. The van der Waals surface area contributed by atoms with Gasteiger partial charge in [0.15, 0.2) is 6.61 Å². The van der Waals surface area contributed by atoms with Crippen molar-refractivity contribution in [2.45, 2.75) is 13.5 Å². The minimum Gasteiger partial charge on any atom is -0.482 e. The van der Waals surface area contributed by atoms with Crippen LogP contribution in [0.2, 0.25) is 0 Å². The molecule has 21 heavy (non-hydrogen) atoms. The number of esters is 1. The number of rotatable bonds is 6. The number of nitrogens with one attached hydrogen (secondary N) is 1.